The number of carboxylic acid groups (broad SMARTS) is 1. The second-order valence-electron chi connectivity index (χ2n) is 5.71. The largest absolute Gasteiger partial charge is 0.481 e. The van der Waals surface area contributed by atoms with Crippen LogP contribution in [0.25, 0.3) is 0 Å². The summed E-state index contributed by atoms with van der Waals surface area (Å²) in [5.41, 5.74) is -1.46. The third-order valence-electron chi connectivity index (χ3n) is 3.18. The number of nitrogens with one attached hydrogen (secondary N) is 2. The summed E-state index contributed by atoms with van der Waals surface area (Å²) in [7, 11) is 0. The van der Waals surface area contributed by atoms with Crippen LogP contribution in [-0.4, -0.2) is 78.1 Å². The summed E-state index contributed by atoms with van der Waals surface area (Å²) in [6.45, 7) is 6.98. The van der Waals surface area contributed by atoms with Crippen LogP contribution in [-0.2, 0) is 9.53 Å². The summed E-state index contributed by atoms with van der Waals surface area (Å²) < 4.78 is 5.25. The monoisotopic (exact) mass is 303 g/mol. The van der Waals surface area contributed by atoms with Crippen molar-refractivity contribution in [2.75, 3.05) is 39.4 Å². The van der Waals surface area contributed by atoms with Crippen molar-refractivity contribution in [3.8, 4) is 0 Å². The van der Waals surface area contributed by atoms with Gasteiger partial charge in [-0.3, -0.25) is 9.69 Å². The fraction of sp³-hybridized carbons (Fsp3) is 0.846. The van der Waals surface area contributed by atoms with Gasteiger partial charge in [0.25, 0.3) is 0 Å². The van der Waals surface area contributed by atoms with Gasteiger partial charge in [0, 0.05) is 32.2 Å². The molecule has 0 aliphatic carbocycles. The fourth-order valence-corrected chi connectivity index (χ4v) is 2.15. The van der Waals surface area contributed by atoms with Crippen molar-refractivity contribution < 1.29 is 24.5 Å². The fourth-order valence-electron chi connectivity index (χ4n) is 2.15. The van der Waals surface area contributed by atoms with Gasteiger partial charge in [0.1, 0.15) is 0 Å². The van der Waals surface area contributed by atoms with Crippen LogP contribution in [0.4, 0.5) is 4.79 Å². The molecule has 0 saturated carbocycles. The molecule has 21 heavy (non-hydrogen) atoms. The first-order chi connectivity index (χ1) is 9.78. The molecule has 122 valence electrons. The first-order valence-electron chi connectivity index (χ1n) is 7.07. The van der Waals surface area contributed by atoms with E-state index in [-0.39, 0.29) is 12.6 Å². The molecule has 4 N–H and O–H groups in total. The molecule has 2 unspecified atom stereocenters. The van der Waals surface area contributed by atoms with E-state index in [4.69, 9.17) is 9.84 Å². The quantitative estimate of drug-likeness (QED) is 0.491. The number of carbonyl (C=O) groups is 2. The number of hydrogen-bond acceptors (Lipinski definition) is 5. The number of urea groups is 1. The predicted octanol–water partition coefficient (Wildman–Crippen LogP) is -0.768. The zero-order valence-electron chi connectivity index (χ0n) is 12.6. The number of morpholine rings is 1. The predicted molar refractivity (Wildman–Crippen MR) is 76.1 cm³/mol. The highest BCUT2D eigenvalue weighted by atomic mass is 16.5. The maximum atomic E-state index is 11.7. The van der Waals surface area contributed by atoms with Crippen LogP contribution in [0.3, 0.4) is 0 Å². The molecular formula is C13H25N3O5. The zero-order valence-corrected chi connectivity index (χ0v) is 12.6. The third kappa shape index (κ3) is 7.84. The van der Waals surface area contributed by atoms with Crippen molar-refractivity contribution >= 4 is 12.0 Å². The van der Waals surface area contributed by atoms with Gasteiger partial charge in [-0.05, 0) is 13.8 Å². The first-order valence-corrected chi connectivity index (χ1v) is 7.07. The first kappa shape index (κ1) is 17.7. The van der Waals surface area contributed by atoms with Crippen LogP contribution < -0.4 is 10.6 Å². The van der Waals surface area contributed by atoms with Gasteiger partial charge in [0.15, 0.2) is 0 Å². The molecule has 1 saturated heterocycles. The standard InChI is InChI=1S/C13H25N3O5/c1-10(8-16-3-5-21-6-4-16)15-12(19)14-9-13(2,20)7-11(17)18/h10,20H,3-9H2,1-2H3,(H,17,18)(H2,14,15,19). The van der Waals surface area contributed by atoms with Crippen molar-refractivity contribution in [2.45, 2.75) is 31.9 Å². The highest BCUT2D eigenvalue weighted by molar-refractivity contribution is 5.74. The second kappa shape index (κ2) is 8.16. The molecule has 1 heterocycles. The van der Waals surface area contributed by atoms with E-state index in [1.165, 1.54) is 6.92 Å². The number of hydrogen-bond donors (Lipinski definition) is 4. The van der Waals surface area contributed by atoms with E-state index in [0.29, 0.717) is 13.2 Å². The molecule has 1 fully saturated rings. The molecule has 0 radical (unpaired) electrons. The highest BCUT2D eigenvalue weighted by Crippen LogP contribution is 2.07. The molecule has 0 bridgehead atoms. The van der Waals surface area contributed by atoms with E-state index in [1.807, 2.05) is 6.92 Å². The Bertz CT molecular complexity index is 356. The van der Waals surface area contributed by atoms with E-state index in [2.05, 4.69) is 15.5 Å². The van der Waals surface area contributed by atoms with Crippen LogP contribution in [0.1, 0.15) is 20.3 Å². The Morgan fingerprint density at radius 3 is 2.57 bits per heavy atom. The van der Waals surface area contributed by atoms with E-state index in [9.17, 15) is 14.7 Å². The van der Waals surface area contributed by atoms with Gasteiger partial charge in [-0.25, -0.2) is 4.79 Å². The lowest BCUT2D eigenvalue weighted by Crippen LogP contribution is -2.51. The van der Waals surface area contributed by atoms with Crippen molar-refractivity contribution in [1.82, 2.24) is 15.5 Å². The maximum Gasteiger partial charge on any atom is 0.315 e. The van der Waals surface area contributed by atoms with E-state index in [0.717, 1.165) is 19.6 Å². The minimum atomic E-state index is -1.46. The summed E-state index contributed by atoms with van der Waals surface area (Å²) in [6, 6.07) is -0.464. The molecule has 0 aromatic heterocycles. The molecule has 1 aliphatic rings. The number of rotatable bonds is 7. The van der Waals surface area contributed by atoms with Gasteiger partial charge in [-0.1, -0.05) is 0 Å². The van der Waals surface area contributed by atoms with Gasteiger partial charge in [0.2, 0.25) is 0 Å². The zero-order chi connectivity index (χ0) is 15.9. The summed E-state index contributed by atoms with van der Waals surface area (Å²) >= 11 is 0. The maximum absolute atomic E-state index is 11.7. The Hall–Kier alpha value is -1.38. The Labute approximate surface area is 124 Å². The van der Waals surface area contributed by atoms with Crippen molar-refractivity contribution in [2.24, 2.45) is 0 Å². The summed E-state index contributed by atoms with van der Waals surface area (Å²) in [4.78, 5) is 24.5. The lowest BCUT2D eigenvalue weighted by atomic mass is 10.0. The lowest BCUT2D eigenvalue weighted by molar-refractivity contribution is -0.141. The third-order valence-corrected chi connectivity index (χ3v) is 3.18. The number of nitrogens with zero attached hydrogens (tertiary/aromatic N) is 1. The van der Waals surface area contributed by atoms with Gasteiger partial charge < -0.3 is 25.6 Å². The Morgan fingerprint density at radius 1 is 1.38 bits per heavy atom. The second-order valence-corrected chi connectivity index (χ2v) is 5.71. The Kier molecular flexibility index (Phi) is 6.86. The summed E-state index contributed by atoms with van der Waals surface area (Å²) in [6.07, 6.45) is -0.420. The van der Waals surface area contributed by atoms with E-state index < -0.39 is 24.0 Å². The lowest BCUT2D eigenvalue weighted by Gasteiger charge is -2.29. The molecular weight excluding hydrogens is 278 g/mol. The number of aliphatic carboxylic acids is 1. The minimum absolute atomic E-state index is 0.0486. The Morgan fingerprint density at radius 2 is 2.00 bits per heavy atom. The van der Waals surface area contributed by atoms with Crippen molar-refractivity contribution in [3.05, 3.63) is 0 Å². The molecule has 0 aromatic carbocycles. The van der Waals surface area contributed by atoms with E-state index >= 15 is 0 Å². The van der Waals surface area contributed by atoms with E-state index in [1.54, 1.807) is 0 Å². The van der Waals surface area contributed by atoms with Crippen molar-refractivity contribution in [3.63, 3.8) is 0 Å². The molecule has 1 aliphatic heterocycles. The van der Waals surface area contributed by atoms with Crippen LogP contribution >= 0.6 is 0 Å². The summed E-state index contributed by atoms with van der Waals surface area (Å²) in [5.74, 6) is -1.11. The molecule has 0 spiro atoms. The number of amides is 2. The number of ether oxygens (including phenoxy) is 1. The average Bonchev–Trinajstić information content (AvgIpc) is 2.36. The molecule has 8 heteroatoms. The van der Waals surface area contributed by atoms with Gasteiger partial charge in [-0.15, -0.1) is 0 Å². The number of aliphatic hydroxyl groups is 1. The Balaban J connectivity index is 2.24. The SMILES string of the molecule is CC(CN1CCOCC1)NC(=O)NCC(C)(O)CC(=O)O. The molecule has 2 amide bonds. The number of carbonyl (C=O) groups excluding carboxylic acids is 1. The van der Waals surface area contributed by atoms with Crippen LogP contribution in [0.2, 0.25) is 0 Å². The molecule has 0 aromatic rings. The van der Waals surface area contributed by atoms with Crippen LogP contribution in [0, 0.1) is 0 Å². The van der Waals surface area contributed by atoms with Gasteiger partial charge in [0.05, 0.1) is 25.2 Å². The molecule has 8 nitrogen and oxygen atoms in total. The normalized spacial score (nSPS) is 20.3. The minimum Gasteiger partial charge on any atom is -0.481 e. The van der Waals surface area contributed by atoms with Crippen LogP contribution in [0.15, 0.2) is 0 Å². The van der Waals surface area contributed by atoms with Gasteiger partial charge in [-0.2, -0.15) is 0 Å². The van der Waals surface area contributed by atoms with Crippen molar-refractivity contribution in [1.29, 1.82) is 0 Å². The topological polar surface area (TPSA) is 111 Å². The van der Waals surface area contributed by atoms with Crippen LogP contribution in [0.5, 0.6) is 0 Å². The molecule has 1 rings (SSSR count). The van der Waals surface area contributed by atoms with Gasteiger partial charge >= 0.3 is 12.0 Å². The number of carboxylic acids is 1. The molecule has 2 atom stereocenters. The highest BCUT2D eigenvalue weighted by Gasteiger charge is 2.25. The smallest absolute Gasteiger partial charge is 0.315 e. The summed E-state index contributed by atoms with van der Waals surface area (Å²) in [5, 5.41) is 23.7. The average molecular weight is 303 g/mol.